The molecule has 0 aromatic carbocycles. The molecule has 0 aliphatic carbocycles. The quantitative estimate of drug-likeness (QED) is 0.616. The average Bonchev–Trinajstić information content (AvgIpc) is 2.39. The van der Waals surface area contributed by atoms with Gasteiger partial charge in [-0.15, -0.1) is 10.2 Å². The molecule has 0 saturated heterocycles. The highest BCUT2D eigenvalue weighted by Gasteiger charge is 1.86. The van der Waals surface area contributed by atoms with E-state index in [1.54, 1.807) is 4.57 Å². The molecule has 1 rings (SSSR count). The lowest BCUT2D eigenvalue weighted by Crippen LogP contribution is -1.92. The van der Waals surface area contributed by atoms with Crippen LogP contribution in [0.25, 0.3) is 0 Å². The second-order valence-electron chi connectivity index (χ2n) is 1.90. The maximum absolute atomic E-state index is 10.0. The molecule has 0 spiro atoms. The Hall–Kier alpha value is -1.65. The maximum atomic E-state index is 10.0. The molecule has 1 heterocycles. The smallest absolute Gasteiger partial charge is 0.328 e. The molecule has 0 bridgehead atoms. The molecule has 5 heteroatoms. The van der Waals surface area contributed by atoms with Crippen LogP contribution in [0.1, 0.15) is 0 Å². The molecule has 0 fully saturated rings. The van der Waals surface area contributed by atoms with Gasteiger partial charge in [-0.3, -0.25) is 0 Å². The van der Waals surface area contributed by atoms with E-state index in [4.69, 9.17) is 5.11 Å². The van der Waals surface area contributed by atoms with Crippen LogP contribution < -0.4 is 0 Å². The van der Waals surface area contributed by atoms with Gasteiger partial charge in [0.1, 0.15) is 12.7 Å². The lowest BCUT2D eigenvalue weighted by Gasteiger charge is -1.90. The van der Waals surface area contributed by atoms with Gasteiger partial charge < -0.3 is 9.67 Å². The van der Waals surface area contributed by atoms with Crippen molar-refractivity contribution in [2.24, 2.45) is 0 Å². The molecule has 0 aliphatic heterocycles. The van der Waals surface area contributed by atoms with Crippen LogP contribution in [0.5, 0.6) is 0 Å². The minimum Gasteiger partial charge on any atom is -0.478 e. The number of aliphatic carboxylic acids is 1. The van der Waals surface area contributed by atoms with Crippen molar-refractivity contribution in [2.45, 2.75) is 6.54 Å². The van der Waals surface area contributed by atoms with E-state index in [9.17, 15) is 4.79 Å². The third kappa shape index (κ3) is 2.61. The molecule has 0 radical (unpaired) electrons. The Bertz CT molecular complexity index is 253. The highest BCUT2D eigenvalue weighted by molar-refractivity contribution is 5.79. The van der Waals surface area contributed by atoms with E-state index in [2.05, 4.69) is 10.2 Å². The van der Waals surface area contributed by atoms with E-state index < -0.39 is 5.97 Å². The van der Waals surface area contributed by atoms with Gasteiger partial charge in [-0.25, -0.2) is 4.79 Å². The summed E-state index contributed by atoms with van der Waals surface area (Å²) < 4.78 is 1.67. The summed E-state index contributed by atoms with van der Waals surface area (Å²) in [7, 11) is 0. The molecule has 0 unspecified atom stereocenters. The van der Waals surface area contributed by atoms with Gasteiger partial charge in [-0.1, -0.05) is 6.08 Å². The van der Waals surface area contributed by atoms with E-state index in [1.165, 1.54) is 18.7 Å². The summed E-state index contributed by atoms with van der Waals surface area (Å²) in [6, 6.07) is 0. The number of aromatic nitrogens is 3. The van der Waals surface area contributed by atoms with Crippen LogP contribution in [0, 0.1) is 0 Å². The van der Waals surface area contributed by atoms with Gasteiger partial charge in [0.05, 0.1) is 0 Å². The first kappa shape index (κ1) is 7.46. The largest absolute Gasteiger partial charge is 0.478 e. The molecule has 11 heavy (non-hydrogen) atoms. The monoisotopic (exact) mass is 153 g/mol. The van der Waals surface area contributed by atoms with Gasteiger partial charge in [0.2, 0.25) is 0 Å². The van der Waals surface area contributed by atoms with Crippen molar-refractivity contribution in [1.82, 2.24) is 14.8 Å². The summed E-state index contributed by atoms with van der Waals surface area (Å²) in [5, 5.41) is 15.3. The van der Waals surface area contributed by atoms with Crippen molar-refractivity contribution in [2.75, 3.05) is 0 Å². The second kappa shape index (κ2) is 3.50. The van der Waals surface area contributed by atoms with Crippen LogP contribution in [0.4, 0.5) is 0 Å². The van der Waals surface area contributed by atoms with Gasteiger partial charge in [0, 0.05) is 12.6 Å². The number of carbonyl (C=O) groups is 1. The number of hydrogen-bond donors (Lipinski definition) is 1. The fourth-order valence-electron chi connectivity index (χ4n) is 0.592. The zero-order valence-corrected chi connectivity index (χ0v) is 5.71. The summed E-state index contributed by atoms with van der Waals surface area (Å²) in [6.07, 6.45) is 5.64. The minimum absolute atomic E-state index is 0.485. The first-order chi connectivity index (χ1) is 5.29. The van der Waals surface area contributed by atoms with Gasteiger partial charge in [0.15, 0.2) is 0 Å². The second-order valence-corrected chi connectivity index (χ2v) is 1.90. The number of carboxylic acids is 1. The van der Waals surface area contributed by atoms with E-state index in [1.807, 2.05) is 0 Å². The molecule has 0 atom stereocenters. The first-order valence-corrected chi connectivity index (χ1v) is 3.01. The van der Waals surface area contributed by atoms with E-state index >= 15 is 0 Å². The Kier molecular flexibility index (Phi) is 2.37. The van der Waals surface area contributed by atoms with Gasteiger partial charge in [-0.05, 0) is 0 Å². The van der Waals surface area contributed by atoms with Crippen molar-refractivity contribution >= 4 is 5.97 Å². The van der Waals surface area contributed by atoms with Crippen LogP contribution in [0.2, 0.25) is 0 Å². The summed E-state index contributed by atoms with van der Waals surface area (Å²) in [5.41, 5.74) is 0. The van der Waals surface area contributed by atoms with Crippen LogP contribution >= 0.6 is 0 Å². The Morgan fingerprint density at radius 2 is 2.18 bits per heavy atom. The fraction of sp³-hybridized carbons (Fsp3) is 0.167. The summed E-state index contributed by atoms with van der Waals surface area (Å²) in [4.78, 5) is 10.0. The maximum Gasteiger partial charge on any atom is 0.328 e. The molecular weight excluding hydrogens is 146 g/mol. The Morgan fingerprint density at radius 3 is 2.73 bits per heavy atom. The van der Waals surface area contributed by atoms with Crippen LogP contribution in [0.15, 0.2) is 24.8 Å². The first-order valence-electron chi connectivity index (χ1n) is 3.01. The average molecular weight is 153 g/mol. The Balaban J connectivity index is 2.40. The lowest BCUT2D eigenvalue weighted by atomic mass is 10.5. The van der Waals surface area contributed by atoms with Crippen molar-refractivity contribution in [1.29, 1.82) is 0 Å². The van der Waals surface area contributed by atoms with Crippen LogP contribution in [0.3, 0.4) is 0 Å². The molecule has 1 aromatic heterocycles. The van der Waals surface area contributed by atoms with Crippen molar-refractivity contribution < 1.29 is 9.90 Å². The third-order valence-electron chi connectivity index (χ3n) is 1.04. The van der Waals surface area contributed by atoms with Crippen LogP contribution in [-0.4, -0.2) is 25.8 Å². The lowest BCUT2D eigenvalue weighted by molar-refractivity contribution is -0.131. The number of rotatable bonds is 3. The SMILES string of the molecule is O=C(O)/C=C/Cn1cnnc1. The van der Waals surface area contributed by atoms with E-state index in [-0.39, 0.29) is 0 Å². The summed E-state index contributed by atoms with van der Waals surface area (Å²) in [5.74, 6) is -0.946. The van der Waals surface area contributed by atoms with Crippen LogP contribution in [-0.2, 0) is 11.3 Å². The number of hydrogen-bond acceptors (Lipinski definition) is 3. The van der Waals surface area contributed by atoms with Gasteiger partial charge in [0.25, 0.3) is 0 Å². The zero-order chi connectivity index (χ0) is 8.10. The fourth-order valence-corrected chi connectivity index (χ4v) is 0.592. The molecule has 1 aromatic rings. The van der Waals surface area contributed by atoms with E-state index in [0.29, 0.717) is 6.54 Å². The zero-order valence-electron chi connectivity index (χ0n) is 5.71. The number of nitrogens with zero attached hydrogens (tertiary/aromatic N) is 3. The van der Waals surface area contributed by atoms with Gasteiger partial charge >= 0.3 is 5.97 Å². The third-order valence-corrected chi connectivity index (χ3v) is 1.04. The Labute approximate surface area is 63.0 Å². The van der Waals surface area contributed by atoms with Crippen molar-refractivity contribution in [3.63, 3.8) is 0 Å². The highest BCUT2D eigenvalue weighted by Crippen LogP contribution is 1.83. The molecule has 0 aliphatic rings. The highest BCUT2D eigenvalue weighted by atomic mass is 16.4. The summed E-state index contributed by atoms with van der Waals surface area (Å²) >= 11 is 0. The molecule has 5 nitrogen and oxygen atoms in total. The van der Waals surface area contributed by atoms with Crippen molar-refractivity contribution in [3.8, 4) is 0 Å². The predicted octanol–water partition coefficient (Wildman–Crippen LogP) is -0.0811. The standard InChI is InChI=1S/C6H7N3O2/c10-6(11)2-1-3-9-4-7-8-5-9/h1-2,4-5H,3H2,(H,10,11)/b2-1+. The molecule has 0 saturated carbocycles. The number of carboxylic acid groups (broad SMARTS) is 1. The minimum atomic E-state index is -0.946. The number of allylic oxidation sites excluding steroid dienone is 1. The predicted molar refractivity (Wildman–Crippen MR) is 36.8 cm³/mol. The molecule has 58 valence electrons. The van der Waals surface area contributed by atoms with E-state index in [0.717, 1.165) is 6.08 Å². The molecule has 0 amide bonds. The normalized spacial score (nSPS) is 10.5. The topological polar surface area (TPSA) is 68.0 Å². The summed E-state index contributed by atoms with van der Waals surface area (Å²) in [6.45, 7) is 0.485. The van der Waals surface area contributed by atoms with Gasteiger partial charge in [-0.2, -0.15) is 0 Å². The Morgan fingerprint density at radius 1 is 1.55 bits per heavy atom. The van der Waals surface area contributed by atoms with Crippen molar-refractivity contribution in [3.05, 3.63) is 24.8 Å². The molecule has 1 N–H and O–H groups in total. The molecular formula is C6H7N3O2.